The van der Waals surface area contributed by atoms with Gasteiger partial charge in [-0.05, 0) is 30.7 Å². The first-order valence-electron chi connectivity index (χ1n) is 7.27. The summed E-state index contributed by atoms with van der Waals surface area (Å²) in [6.45, 7) is -0.0198. The molecule has 26 heavy (non-hydrogen) atoms. The molecule has 0 fully saturated rings. The normalized spacial score (nSPS) is 13.6. The molecule has 0 spiro atoms. The number of hydrogen-bond donors (Lipinski definition) is 1. The molecule has 0 saturated heterocycles. The fraction of sp³-hybridized carbons (Fsp3) is 0.188. The van der Waals surface area contributed by atoms with E-state index < -0.39 is 26.3 Å². The van der Waals surface area contributed by atoms with Crippen LogP contribution in [0.2, 0.25) is 0 Å². The molecule has 0 aromatic heterocycles. The Morgan fingerprint density at radius 3 is 2.65 bits per heavy atom. The Morgan fingerprint density at radius 1 is 1.27 bits per heavy atom. The van der Waals surface area contributed by atoms with Crippen molar-refractivity contribution in [1.29, 1.82) is 5.26 Å². The molecule has 0 unspecified atom stereocenters. The highest BCUT2D eigenvalue weighted by atomic mass is 32.2. The second-order valence-corrected chi connectivity index (χ2v) is 7.34. The second-order valence-electron chi connectivity index (χ2n) is 5.46. The van der Waals surface area contributed by atoms with Crippen molar-refractivity contribution in [2.45, 2.75) is 17.1 Å². The first-order chi connectivity index (χ1) is 12.2. The van der Waals surface area contributed by atoms with Crippen molar-refractivity contribution in [1.82, 2.24) is 0 Å². The van der Waals surface area contributed by atoms with Gasteiger partial charge in [0, 0.05) is 18.2 Å². The molecule has 0 aliphatic carbocycles. The summed E-state index contributed by atoms with van der Waals surface area (Å²) < 4.78 is 68.4. The Morgan fingerprint density at radius 2 is 2.00 bits per heavy atom. The van der Waals surface area contributed by atoms with Crippen LogP contribution in [0.15, 0.2) is 35.2 Å². The van der Waals surface area contributed by atoms with E-state index in [4.69, 9.17) is 10.00 Å². The van der Waals surface area contributed by atoms with Gasteiger partial charge < -0.3 is 4.74 Å². The number of hydroxylamine groups is 1. The molecule has 0 amide bonds. The lowest BCUT2D eigenvalue weighted by Gasteiger charge is -2.17. The van der Waals surface area contributed by atoms with Crippen LogP contribution in [0.1, 0.15) is 11.1 Å². The van der Waals surface area contributed by atoms with E-state index in [1.807, 2.05) is 0 Å². The van der Waals surface area contributed by atoms with Crippen molar-refractivity contribution in [3.05, 3.63) is 47.3 Å². The van der Waals surface area contributed by atoms with Crippen molar-refractivity contribution in [2.75, 3.05) is 11.6 Å². The van der Waals surface area contributed by atoms with Crippen molar-refractivity contribution in [3.63, 3.8) is 0 Å². The molecule has 0 radical (unpaired) electrons. The molecule has 2 aromatic carbocycles. The van der Waals surface area contributed by atoms with Gasteiger partial charge in [0.25, 0.3) is 0 Å². The lowest BCUT2D eigenvalue weighted by atomic mass is 10.1. The van der Waals surface area contributed by atoms with Crippen LogP contribution in [0, 0.1) is 17.1 Å². The topological polar surface area (TPSA) is 90.6 Å². The average molecular weight is 384 g/mol. The van der Waals surface area contributed by atoms with Crippen molar-refractivity contribution in [2.24, 2.45) is 0 Å². The van der Waals surface area contributed by atoms with Crippen molar-refractivity contribution in [3.8, 4) is 17.6 Å². The summed E-state index contributed by atoms with van der Waals surface area (Å²) in [5.74, 6) is -4.31. The van der Waals surface area contributed by atoms with Gasteiger partial charge in [0.05, 0.1) is 22.2 Å². The molecule has 6 nitrogen and oxygen atoms in total. The Hall–Kier alpha value is -2.77. The predicted molar refractivity (Wildman–Crippen MR) is 83.7 cm³/mol. The molecule has 136 valence electrons. The maximum atomic E-state index is 13.5. The van der Waals surface area contributed by atoms with Gasteiger partial charge in [-0.1, -0.05) is 0 Å². The number of anilines is 1. The number of sulfone groups is 1. The van der Waals surface area contributed by atoms with Crippen LogP contribution in [0.4, 0.5) is 18.9 Å². The van der Waals surface area contributed by atoms with Gasteiger partial charge in [-0.25, -0.2) is 12.8 Å². The zero-order chi connectivity index (χ0) is 19.1. The fourth-order valence-electron chi connectivity index (χ4n) is 2.68. The highest BCUT2D eigenvalue weighted by molar-refractivity contribution is 7.91. The van der Waals surface area contributed by atoms with E-state index in [1.165, 1.54) is 6.07 Å². The van der Waals surface area contributed by atoms with Gasteiger partial charge in [-0.3, -0.25) is 10.3 Å². The van der Waals surface area contributed by atoms with Crippen LogP contribution >= 0.6 is 0 Å². The van der Waals surface area contributed by atoms with Gasteiger partial charge >= 0.3 is 5.76 Å². The SMILES string of the molecule is N#Cc1cc(F)cc(Oc2ccc(S(=O)(=O)C(F)F)c3c2CCN3O)c1. The largest absolute Gasteiger partial charge is 0.457 e. The summed E-state index contributed by atoms with van der Waals surface area (Å²) in [7, 11) is -4.94. The lowest BCUT2D eigenvalue weighted by molar-refractivity contribution is 0.234. The van der Waals surface area contributed by atoms with Gasteiger partial charge in [0.1, 0.15) is 17.3 Å². The fourth-order valence-corrected chi connectivity index (χ4v) is 3.63. The molecule has 1 aliphatic heterocycles. The summed E-state index contributed by atoms with van der Waals surface area (Å²) in [4.78, 5) is -0.716. The van der Waals surface area contributed by atoms with E-state index in [2.05, 4.69) is 0 Å². The van der Waals surface area contributed by atoms with E-state index in [9.17, 15) is 26.8 Å². The van der Waals surface area contributed by atoms with Gasteiger partial charge in [-0.2, -0.15) is 14.0 Å². The van der Waals surface area contributed by atoms with E-state index in [1.54, 1.807) is 6.07 Å². The summed E-state index contributed by atoms with van der Waals surface area (Å²) >= 11 is 0. The number of rotatable bonds is 4. The molecule has 2 aromatic rings. The maximum absolute atomic E-state index is 13.5. The summed E-state index contributed by atoms with van der Waals surface area (Å²) in [6.07, 6.45) is 0.133. The number of nitrogens with zero attached hydrogens (tertiary/aromatic N) is 2. The summed E-state index contributed by atoms with van der Waals surface area (Å²) in [5, 5.41) is 19.3. The molecule has 1 N–H and O–H groups in total. The van der Waals surface area contributed by atoms with Crippen LogP contribution in [0.25, 0.3) is 0 Å². The zero-order valence-corrected chi connectivity index (χ0v) is 13.8. The minimum atomic E-state index is -4.94. The third-order valence-electron chi connectivity index (χ3n) is 3.80. The number of halogens is 3. The number of benzene rings is 2. The highest BCUT2D eigenvalue weighted by Gasteiger charge is 2.35. The van der Waals surface area contributed by atoms with Crippen LogP contribution in [-0.2, 0) is 16.3 Å². The molecule has 1 aliphatic rings. The number of ether oxygens (including phenoxy) is 1. The molecule has 3 rings (SSSR count). The standard InChI is InChI=1S/C16H11F3N2O4S/c17-10-5-9(8-20)6-11(7-10)25-13-1-2-14(26(23,24)16(18)19)15-12(13)3-4-21(15)22/h1-2,5-7,16,22H,3-4H2. The minimum absolute atomic E-state index is 0.0114. The second kappa shape index (κ2) is 6.51. The summed E-state index contributed by atoms with van der Waals surface area (Å²) in [5.41, 5.74) is -0.0889. The number of nitriles is 1. The molecule has 0 atom stereocenters. The number of alkyl halides is 2. The molecule has 0 saturated carbocycles. The van der Waals surface area contributed by atoms with Gasteiger partial charge in [0.2, 0.25) is 9.84 Å². The van der Waals surface area contributed by atoms with E-state index in [0.717, 1.165) is 24.3 Å². The number of hydrogen-bond acceptors (Lipinski definition) is 6. The zero-order valence-electron chi connectivity index (χ0n) is 13.0. The quantitative estimate of drug-likeness (QED) is 0.870. The molecule has 0 bridgehead atoms. The van der Waals surface area contributed by atoms with E-state index >= 15 is 0 Å². The Kier molecular flexibility index (Phi) is 4.52. The van der Waals surface area contributed by atoms with E-state index in [0.29, 0.717) is 5.06 Å². The molecular formula is C16H11F3N2O4S. The van der Waals surface area contributed by atoms with Crippen LogP contribution in [-0.4, -0.2) is 25.9 Å². The van der Waals surface area contributed by atoms with Crippen molar-refractivity contribution < 1.29 is 31.5 Å². The molecular weight excluding hydrogens is 373 g/mol. The monoisotopic (exact) mass is 384 g/mol. The molecule has 1 heterocycles. The third-order valence-corrected chi connectivity index (χ3v) is 5.22. The predicted octanol–water partition coefficient (Wildman–Crippen LogP) is 3.24. The first-order valence-corrected chi connectivity index (χ1v) is 8.81. The lowest BCUT2D eigenvalue weighted by Crippen LogP contribution is -2.19. The van der Waals surface area contributed by atoms with Crippen molar-refractivity contribution >= 4 is 15.5 Å². The minimum Gasteiger partial charge on any atom is -0.457 e. The Labute approximate surface area is 146 Å². The molecule has 10 heteroatoms. The van der Waals surface area contributed by atoms with E-state index in [-0.39, 0.29) is 41.3 Å². The maximum Gasteiger partial charge on any atom is 0.341 e. The Bertz CT molecular complexity index is 1020. The smallest absolute Gasteiger partial charge is 0.341 e. The summed E-state index contributed by atoms with van der Waals surface area (Å²) in [6, 6.07) is 7.11. The first kappa shape index (κ1) is 18.0. The van der Waals surface area contributed by atoms with Crippen LogP contribution in [0.3, 0.4) is 0 Å². The van der Waals surface area contributed by atoms with Gasteiger partial charge in [0.15, 0.2) is 0 Å². The highest BCUT2D eigenvalue weighted by Crippen LogP contribution is 2.42. The Balaban J connectivity index is 2.09. The van der Waals surface area contributed by atoms with Gasteiger partial charge in [-0.15, -0.1) is 0 Å². The number of fused-ring (bicyclic) bond motifs is 1. The van der Waals surface area contributed by atoms with Crippen LogP contribution in [0.5, 0.6) is 11.5 Å². The average Bonchev–Trinajstić information content (AvgIpc) is 2.96. The van der Waals surface area contributed by atoms with Crippen LogP contribution < -0.4 is 9.80 Å². The third kappa shape index (κ3) is 3.07.